The van der Waals surface area contributed by atoms with Gasteiger partial charge in [-0.15, -0.1) is 0 Å². The van der Waals surface area contributed by atoms with Gasteiger partial charge in [0.2, 0.25) is 0 Å². The van der Waals surface area contributed by atoms with Crippen molar-refractivity contribution in [1.29, 1.82) is 0 Å². The molecular weight excluding hydrogens is 769 g/mol. The topological polar surface area (TPSA) is 130 Å². The number of carbonyl (C=O) groups is 1. The maximum absolute atomic E-state index is 14.1. The fraction of sp³-hybridized carbons (Fsp3) is 0.354. The summed E-state index contributed by atoms with van der Waals surface area (Å²) in [7, 11) is 1.44. The van der Waals surface area contributed by atoms with Crippen molar-refractivity contribution >= 4 is 5.97 Å². The number of aliphatic hydroxyl groups is 1. The Hall–Kier alpha value is -4.83. The third-order valence-electron chi connectivity index (χ3n) is 10.7. The molecule has 60 heavy (non-hydrogen) atoms. The Morgan fingerprint density at radius 1 is 0.617 bits per heavy atom. The quantitative estimate of drug-likeness (QED) is 0.108. The van der Waals surface area contributed by atoms with Crippen LogP contribution >= 0.6 is 0 Å². The maximum atomic E-state index is 14.1. The van der Waals surface area contributed by atoms with E-state index < -0.39 is 73.7 Å². The smallest absolute Gasteiger partial charge is 0.338 e. The van der Waals surface area contributed by atoms with E-state index >= 15 is 0 Å². The predicted molar refractivity (Wildman–Crippen MR) is 217 cm³/mol. The highest BCUT2D eigenvalue weighted by molar-refractivity contribution is 5.89. The van der Waals surface area contributed by atoms with E-state index in [9.17, 15) is 9.90 Å². The van der Waals surface area contributed by atoms with Gasteiger partial charge in [0, 0.05) is 12.7 Å². The normalized spacial score (nSPS) is 29.0. The third kappa shape index (κ3) is 10.4. The second-order valence-corrected chi connectivity index (χ2v) is 14.8. The summed E-state index contributed by atoms with van der Waals surface area (Å²) in [5, 5.41) is 11.9. The second-order valence-electron chi connectivity index (χ2n) is 14.8. The summed E-state index contributed by atoms with van der Waals surface area (Å²) >= 11 is 0. The zero-order valence-electron chi connectivity index (χ0n) is 33.3. The SMILES string of the molecule is CO[C@H]1O[C@@H]2CO[C@H](c3ccccc3)O[C@H]2[C@H](O[C@@H]2O[C@H](COCc3ccccc3)[C@H](OCc3ccccc3)[C@H](OCc3ccccc3)[C@H]2OC(=O)c2ccccc2)[C@@H]1O. The van der Waals surface area contributed by atoms with Crippen molar-refractivity contribution in [3.63, 3.8) is 0 Å². The largest absolute Gasteiger partial charge is 0.450 e. The van der Waals surface area contributed by atoms with E-state index in [1.54, 1.807) is 24.3 Å². The monoisotopic (exact) mass is 818 g/mol. The van der Waals surface area contributed by atoms with Gasteiger partial charge in [0.05, 0.1) is 38.6 Å². The van der Waals surface area contributed by atoms with Gasteiger partial charge in [-0.05, 0) is 28.8 Å². The van der Waals surface area contributed by atoms with E-state index in [0.717, 1.165) is 22.3 Å². The summed E-state index contributed by atoms with van der Waals surface area (Å²) in [6, 6.07) is 47.4. The summed E-state index contributed by atoms with van der Waals surface area (Å²) in [5.74, 6) is -0.627. The van der Waals surface area contributed by atoms with Gasteiger partial charge in [-0.2, -0.15) is 0 Å². The van der Waals surface area contributed by atoms with E-state index in [1.165, 1.54) is 7.11 Å². The highest BCUT2D eigenvalue weighted by Gasteiger charge is 2.56. The first-order valence-corrected chi connectivity index (χ1v) is 20.2. The van der Waals surface area contributed by atoms with Crippen molar-refractivity contribution in [2.24, 2.45) is 0 Å². The maximum Gasteiger partial charge on any atom is 0.338 e. The number of aliphatic hydroxyl groups excluding tert-OH is 1. The summed E-state index contributed by atoms with van der Waals surface area (Å²) in [4.78, 5) is 14.1. The van der Waals surface area contributed by atoms with Crippen molar-refractivity contribution in [3.8, 4) is 0 Å². The number of esters is 1. The zero-order valence-corrected chi connectivity index (χ0v) is 33.3. The highest BCUT2D eigenvalue weighted by Crippen LogP contribution is 2.39. The van der Waals surface area contributed by atoms with Gasteiger partial charge >= 0.3 is 5.97 Å². The number of methoxy groups -OCH3 is 1. The minimum Gasteiger partial charge on any atom is -0.450 e. The number of ether oxygens (including phenoxy) is 10. The molecule has 3 saturated heterocycles. The number of benzene rings is 5. The Morgan fingerprint density at radius 2 is 1.17 bits per heavy atom. The first-order valence-electron chi connectivity index (χ1n) is 20.2. The summed E-state index contributed by atoms with van der Waals surface area (Å²) in [6.07, 6.45) is -11.1. The molecule has 0 saturated carbocycles. The summed E-state index contributed by atoms with van der Waals surface area (Å²) in [6.45, 7) is 0.833. The first kappa shape index (κ1) is 41.9. The van der Waals surface area contributed by atoms with Gasteiger partial charge < -0.3 is 52.5 Å². The van der Waals surface area contributed by atoms with Crippen molar-refractivity contribution in [2.45, 2.75) is 87.5 Å². The molecular formula is C48H50O12. The van der Waals surface area contributed by atoms with Gasteiger partial charge in [-0.3, -0.25) is 0 Å². The lowest BCUT2D eigenvalue weighted by Gasteiger charge is -2.50. The van der Waals surface area contributed by atoms with Gasteiger partial charge in [-0.1, -0.05) is 140 Å². The Kier molecular flexibility index (Phi) is 14.4. The van der Waals surface area contributed by atoms with Crippen LogP contribution in [-0.4, -0.2) is 92.8 Å². The molecule has 5 aromatic rings. The zero-order chi connectivity index (χ0) is 41.1. The molecule has 0 bridgehead atoms. The Labute approximate surface area is 349 Å². The lowest BCUT2D eigenvalue weighted by Crippen LogP contribution is -2.67. The molecule has 0 aliphatic carbocycles. The van der Waals surface area contributed by atoms with Crippen LogP contribution in [0, 0.1) is 0 Å². The van der Waals surface area contributed by atoms with Crippen LogP contribution in [0.25, 0.3) is 0 Å². The minimum atomic E-state index is -1.36. The van der Waals surface area contributed by atoms with Crippen LogP contribution in [0.4, 0.5) is 0 Å². The molecule has 12 nitrogen and oxygen atoms in total. The first-order chi connectivity index (χ1) is 29.5. The van der Waals surface area contributed by atoms with Crippen LogP contribution in [0.1, 0.15) is 38.9 Å². The van der Waals surface area contributed by atoms with Gasteiger partial charge in [-0.25, -0.2) is 4.79 Å². The molecule has 3 fully saturated rings. The molecule has 11 atom stereocenters. The fourth-order valence-corrected chi connectivity index (χ4v) is 7.65. The molecule has 0 amide bonds. The summed E-state index contributed by atoms with van der Waals surface area (Å²) in [5.41, 5.74) is 3.89. The minimum absolute atomic E-state index is 0.0578. The molecule has 0 unspecified atom stereocenters. The van der Waals surface area contributed by atoms with E-state index in [2.05, 4.69) is 0 Å². The second kappa shape index (κ2) is 20.6. The lowest BCUT2D eigenvalue weighted by molar-refractivity contribution is -0.393. The number of hydrogen-bond acceptors (Lipinski definition) is 12. The Bertz CT molecular complexity index is 2030. The standard InChI is InChI=1S/C48H50O12/c1-51-47-39(49)42(41-38(56-47)31-55-46(59-41)36-25-15-6-16-26-36)60-48-44(58-45(50)35-23-13-5-14-24-35)43(54-29-34-21-11-4-12-22-34)40(53-28-33-19-9-3-10-20-33)37(57-48)30-52-27-32-17-7-2-8-18-32/h2-26,37-44,46-49H,27-31H2,1H3/t37-,38-,39+,40+,41-,42-,43+,44-,46+,47+,48+/m1/s1. The highest BCUT2D eigenvalue weighted by atomic mass is 16.8. The van der Waals surface area contributed by atoms with Crippen LogP contribution in [0.15, 0.2) is 152 Å². The molecule has 5 aromatic carbocycles. The van der Waals surface area contributed by atoms with Crippen molar-refractivity contribution in [2.75, 3.05) is 20.3 Å². The molecule has 0 aromatic heterocycles. The number of hydrogen-bond donors (Lipinski definition) is 1. The molecule has 0 spiro atoms. The summed E-state index contributed by atoms with van der Waals surface area (Å²) < 4.78 is 64.4. The van der Waals surface area contributed by atoms with Crippen LogP contribution in [0.2, 0.25) is 0 Å². The average Bonchev–Trinajstić information content (AvgIpc) is 3.30. The molecule has 0 radical (unpaired) electrons. The van der Waals surface area contributed by atoms with Crippen LogP contribution in [0.3, 0.4) is 0 Å². The van der Waals surface area contributed by atoms with Gasteiger partial charge in [0.15, 0.2) is 25.0 Å². The molecule has 314 valence electrons. The van der Waals surface area contributed by atoms with Gasteiger partial charge in [0.1, 0.15) is 42.7 Å². The Balaban J connectivity index is 1.16. The van der Waals surface area contributed by atoms with Crippen LogP contribution < -0.4 is 0 Å². The van der Waals surface area contributed by atoms with Crippen LogP contribution in [-0.2, 0) is 67.2 Å². The van der Waals surface area contributed by atoms with Crippen molar-refractivity contribution in [1.82, 2.24) is 0 Å². The van der Waals surface area contributed by atoms with E-state index in [1.807, 2.05) is 127 Å². The molecule has 3 heterocycles. The third-order valence-corrected chi connectivity index (χ3v) is 10.7. The van der Waals surface area contributed by atoms with Crippen molar-refractivity contribution in [3.05, 3.63) is 179 Å². The van der Waals surface area contributed by atoms with E-state index in [-0.39, 0.29) is 26.4 Å². The lowest BCUT2D eigenvalue weighted by atomic mass is 9.95. The van der Waals surface area contributed by atoms with Crippen molar-refractivity contribution < 1.29 is 57.3 Å². The molecule has 1 N–H and O–H groups in total. The Morgan fingerprint density at radius 3 is 1.77 bits per heavy atom. The van der Waals surface area contributed by atoms with E-state index in [0.29, 0.717) is 12.2 Å². The van der Waals surface area contributed by atoms with E-state index in [4.69, 9.17) is 47.4 Å². The number of rotatable bonds is 16. The van der Waals surface area contributed by atoms with Crippen LogP contribution in [0.5, 0.6) is 0 Å². The fourth-order valence-electron chi connectivity index (χ4n) is 7.65. The number of carbonyl (C=O) groups excluding carboxylic acids is 1. The molecule has 8 rings (SSSR count). The molecule has 3 aliphatic rings. The number of fused-ring (bicyclic) bond motifs is 1. The predicted octanol–water partition coefficient (Wildman–Crippen LogP) is 6.56. The van der Waals surface area contributed by atoms with Gasteiger partial charge in [0.25, 0.3) is 0 Å². The molecule has 3 aliphatic heterocycles. The molecule has 12 heteroatoms. The average molecular weight is 819 g/mol.